The number of aromatic nitrogens is 3. The van der Waals surface area contributed by atoms with E-state index in [0.29, 0.717) is 17.7 Å². The van der Waals surface area contributed by atoms with Gasteiger partial charge >= 0.3 is 0 Å². The molecule has 31 heavy (non-hydrogen) atoms. The highest BCUT2D eigenvalue weighted by molar-refractivity contribution is 5.81. The first-order chi connectivity index (χ1) is 15.2. The van der Waals surface area contributed by atoms with Crippen molar-refractivity contribution in [3.05, 3.63) is 54.4 Å². The Kier molecular flexibility index (Phi) is 4.51. The van der Waals surface area contributed by atoms with Crippen LogP contribution in [-0.2, 0) is 17.8 Å². The summed E-state index contributed by atoms with van der Waals surface area (Å²) in [5.74, 6) is 3.03. The van der Waals surface area contributed by atoms with Crippen LogP contribution in [-0.4, -0.2) is 45.3 Å². The molecule has 2 aromatic carbocycles. The molecule has 0 spiro atoms. The molecule has 0 N–H and O–H groups in total. The quantitative estimate of drug-likeness (QED) is 0.637. The van der Waals surface area contributed by atoms with Crippen molar-refractivity contribution in [2.24, 2.45) is 11.8 Å². The Hall–Kier alpha value is -3.15. The van der Waals surface area contributed by atoms with Crippen LogP contribution in [0.5, 0.6) is 5.75 Å². The van der Waals surface area contributed by atoms with Gasteiger partial charge in [0.2, 0.25) is 5.91 Å². The summed E-state index contributed by atoms with van der Waals surface area (Å²) in [5.41, 5.74) is 4.75. The number of amides is 1. The number of benzene rings is 2. The highest BCUT2D eigenvalue weighted by atomic mass is 16.5. The van der Waals surface area contributed by atoms with Crippen molar-refractivity contribution in [3.8, 4) is 28.3 Å². The number of hydrogen-bond acceptors (Lipinski definition) is 4. The summed E-state index contributed by atoms with van der Waals surface area (Å²) in [6.45, 7) is 3.37. The lowest BCUT2D eigenvalue weighted by Gasteiger charge is -2.17. The van der Waals surface area contributed by atoms with Crippen LogP contribution in [0.25, 0.3) is 22.5 Å². The van der Waals surface area contributed by atoms with Crippen molar-refractivity contribution in [3.63, 3.8) is 0 Å². The van der Waals surface area contributed by atoms with Crippen LogP contribution in [0.4, 0.5) is 0 Å². The van der Waals surface area contributed by atoms with Crippen molar-refractivity contribution in [2.45, 2.75) is 32.2 Å². The first-order valence-corrected chi connectivity index (χ1v) is 11.3. The fraction of sp³-hybridized carbons (Fsp3) is 0.400. The molecule has 2 fully saturated rings. The van der Waals surface area contributed by atoms with E-state index in [1.165, 1.54) is 16.7 Å². The van der Waals surface area contributed by atoms with E-state index in [1.54, 1.807) is 0 Å². The molecule has 6 rings (SSSR count). The molecule has 3 heterocycles. The molecule has 0 bridgehead atoms. The van der Waals surface area contributed by atoms with Crippen molar-refractivity contribution >= 4 is 5.91 Å². The molecule has 0 radical (unpaired) electrons. The van der Waals surface area contributed by atoms with Crippen LogP contribution in [0.3, 0.4) is 0 Å². The minimum absolute atomic E-state index is 0.306. The molecule has 1 saturated heterocycles. The van der Waals surface area contributed by atoms with E-state index in [2.05, 4.69) is 62.1 Å². The van der Waals surface area contributed by atoms with Crippen LogP contribution >= 0.6 is 0 Å². The van der Waals surface area contributed by atoms with Gasteiger partial charge in [0.05, 0.1) is 6.61 Å². The van der Waals surface area contributed by atoms with Gasteiger partial charge in [-0.25, -0.2) is 0 Å². The summed E-state index contributed by atoms with van der Waals surface area (Å²) in [6, 6.07) is 15.0. The van der Waals surface area contributed by atoms with E-state index in [4.69, 9.17) is 4.74 Å². The third kappa shape index (κ3) is 3.60. The maximum atomic E-state index is 12.3. The van der Waals surface area contributed by atoms with E-state index in [9.17, 15) is 4.79 Å². The minimum atomic E-state index is 0.306. The monoisotopic (exact) mass is 414 g/mol. The Morgan fingerprint density at radius 2 is 1.84 bits per heavy atom. The number of ether oxygens (including phenoxy) is 1. The summed E-state index contributed by atoms with van der Waals surface area (Å²) in [5, 5.41) is 8.56. The summed E-state index contributed by atoms with van der Waals surface area (Å²) in [4.78, 5) is 14.4. The zero-order chi connectivity index (χ0) is 20.8. The second-order valence-corrected chi connectivity index (χ2v) is 9.02. The van der Waals surface area contributed by atoms with Crippen LogP contribution in [0, 0.1) is 11.8 Å². The smallest absolute Gasteiger partial charge is 0.225 e. The molecular weight excluding hydrogens is 388 g/mol. The zero-order valence-electron chi connectivity index (χ0n) is 17.5. The van der Waals surface area contributed by atoms with E-state index < -0.39 is 0 Å². The average Bonchev–Trinajstić information content (AvgIpc) is 3.17. The van der Waals surface area contributed by atoms with Gasteiger partial charge in [-0.3, -0.25) is 4.79 Å². The van der Waals surface area contributed by atoms with Gasteiger partial charge in [0.15, 0.2) is 5.82 Å². The van der Waals surface area contributed by atoms with Gasteiger partial charge in [-0.15, -0.1) is 10.2 Å². The molecule has 1 aliphatic carbocycles. The van der Waals surface area contributed by atoms with Gasteiger partial charge in [-0.05, 0) is 54.0 Å². The maximum absolute atomic E-state index is 12.3. The standard InChI is InChI=1S/C25H26N4O2/c30-25(20-5-6-20)28-11-9-17(14-28)15-29-16-26-27-24(29)19-3-1-18(2-4-19)21-7-8-23-22(13-21)10-12-31-23/h1-4,7-8,13,16-17,20H,5-6,9-12,14-15H2/t17-/m1/s1. The maximum Gasteiger partial charge on any atom is 0.225 e. The highest BCUT2D eigenvalue weighted by Crippen LogP contribution is 2.34. The average molecular weight is 415 g/mol. The molecule has 2 aliphatic heterocycles. The summed E-state index contributed by atoms with van der Waals surface area (Å²) < 4.78 is 7.76. The van der Waals surface area contributed by atoms with Crippen molar-refractivity contribution in [1.29, 1.82) is 0 Å². The molecule has 1 aromatic heterocycles. The number of hydrogen-bond donors (Lipinski definition) is 0. The van der Waals surface area contributed by atoms with Crippen LogP contribution in [0.2, 0.25) is 0 Å². The van der Waals surface area contributed by atoms with Crippen molar-refractivity contribution in [2.75, 3.05) is 19.7 Å². The number of nitrogens with zero attached hydrogens (tertiary/aromatic N) is 4. The topological polar surface area (TPSA) is 60.2 Å². The first kappa shape index (κ1) is 18.6. The number of likely N-dealkylation sites (tertiary alicyclic amines) is 1. The lowest BCUT2D eigenvalue weighted by Crippen LogP contribution is -2.30. The molecule has 6 nitrogen and oxygen atoms in total. The number of carbonyl (C=O) groups excluding carboxylic acids is 1. The fourth-order valence-electron chi connectivity index (χ4n) is 4.84. The van der Waals surface area contributed by atoms with Gasteiger partial charge in [-0.2, -0.15) is 0 Å². The highest BCUT2D eigenvalue weighted by Gasteiger charge is 2.36. The molecule has 1 saturated carbocycles. The number of carbonyl (C=O) groups is 1. The normalized spacial score (nSPS) is 20.0. The third-order valence-electron chi connectivity index (χ3n) is 6.76. The molecule has 6 heteroatoms. The first-order valence-electron chi connectivity index (χ1n) is 11.3. The Bertz CT molecular complexity index is 1120. The van der Waals surface area contributed by atoms with Crippen molar-refractivity contribution in [1.82, 2.24) is 19.7 Å². The SMILES string of the molecule is O=C(C1CC1)N1CC[C@@H](Cn2cnnc2-c2ccc(-c3ccc4c(c3)CCO4)cc2)C1. The van der Waals surface area contributed by atoms with Crippen molar-refractivity contribution < 1.29 is 9.53 Å². The Balaban J connectivity index is 1.17. The van der Waals surface area contributed by atoms with Gasteiger partial charge in [0.1, 0.15) is 12.1 Å². The zero-order valence-corrected chi connectivity index (χ0v) is 17.5. The minimum Gasteiger partial charge on any atom is -0.493 e. The Morgan fingerprint density at radius 3 is 2.68 bits per heavy atom. The summed E-state index contributed by atoms with van der Waals surface area (Å²) in [7, 11) is 0. The lowest BCUT2D eigenvalue weighted by molar-refractivity contribution is -0.131. The van der Waals surface area contributed by atoms with E-state index in [1.807, 2.05) is 6.33 Å². The number of fused-ring (bicyclic) bond motifs is 1. The van der Waals surface area contributed by atoms with Gasteiger partial charge in [0.25, 0.3) is 0 Å². The molecular formula is C25H26N4O2. The second kappa shape index (κ2) is 7.52. The fourth-order valence-corrected chi connectivity index (χ4v) is 4.84. The van der Waals surface area contributed by atoms with E-state index in [-0.39, 0.29) is 0 Å². The Morgan fingerprint density at radius 1 is 1.03 bits per heavy atom. The molecule has 1 atom stereocenters. The second-order valence-electron chi connectivity index (χ2n) is 9.02. The molecule has 0 unspecified atom stereocenters. The third-order valence-corrected chi connectivity index (χ3v) is 6.76. The van der Waals surface area contributed by atoms with E-state index >= 15 is 0 Å². The van der Waals surface area contributed by atoms with Gasteiger partial charge in [-0.1, -0.05) is 30.3 Å². The summed E-state index contributed by atoms with van der Waals surface area (Å²) >= 11 is 0. The summed E-state index contributed by atoms with van der Waals surface area (Å²) in [6.07, 6.45) is 6.00. The number of rotatable bonds is 5. The molecule has 158 valence electrons. The largest absolute Gasteiger partial charge is 0.493 e. The van der Waals surface area contributed by atoms with Gasteiger partial charge in [0, 0.05) is 37.5 Å². The van der Waals surface area contributed by atoms with Crippen LogP contribution < -0.4 is 4.74 Å². The predicted octanol–water partition coefficient (Wildman–Crippen LogP) is 3.81. The van der Waals surface area contributed by atoms with Crippen LogP contribution in [0.1, 0.15) is 24.8 Å². The van der Waals surface area contributed by atoms with E-state index in [0.717, 1.165) is 69.1 Å². The lowest BCUT2D eigenvalue weighted by atomic mass is 10.0. The predicted molar refractivity (Wildman–Crippen MR) is 118 cm³/mol. The van der Waals surface area contributed by atoms with Crippen LogP contribution in [0.15, 0.2) is 48.8 Å². The molecule has 3 aromatic rings. The molecule has 3 aliphatic rings. The molecule has 1 amide bonds. The van der Waals surface area contributed by atoms with Gasteiger partial charge < -0.3 is 14.2 Å². The Labute approximate surface area is 181 Å².